The number of aromatic nitrogens is 1. The van der Waals surface area contributed by atoms with Gasteiger partial charge in [0, 0.05) is 10.9 Å². The molecule has 0 spiro atoms. The van der Waals surface area contributed by atoms with Crippen molar-refractivity contribution in [3.05, 3.63) is 59.5 Å². The number of benzene rings is 2. The number of hydrogen-bond acceptors (Lipinski definition) is 3. The Bertz CT molecular complexity index is 988. The molecule has 2 heterocycles. The standard InChI is InChI=1S/C18H12F2N2O2/c1-24-15-7-3-6-13(19)16(15)11-5-2-4-10-8-12-14(21-17(10)11)9-22(20)18(12)23/h2-8H,9H2,1H3. The summed E-state index contributed by atoms with van der Waals surface area (Å²) in [6, 6.07) is 11.4. The fourth-order valence-electron chi connectivity index (χ4n) is 3.01. The van der Waals surface area contributed by atoms with Crippen molar-refractivity contribution in [2.75, 3.05) is 7.11 Å². The van der Waals surface area contributed by atoms with Gasteiger partial charge in [-0.05, 0) is 18.2 Å². The summed E-state index contributed by atoms with van der Waals surface area (Å²) in [4.78, 5) is 16.2. The van der Waals surface area contributed by atoms with Crippen LogP contribution >= 0.6 is 0 Å². The first-order valence-electron chi connectivity index (χ1n) is 7.33. The van der Waals surface area contributed by atoms with Gasteiger partial charge in [-0.2, -0.15) is 5.12 Å². The molecule has 0 atom stereocenters. The zero-order valence-corrected chi connectivity index (χ0v) is 12.7. The summed E-state index contributed by atoms with van der Waals surface area (Å²) >= 11 is 0. The van der Waals surface area contributed by atoms with Crippen molar-refractivity contribution in [1.29, 1.82) is 0 Å². The van der Waals surface area contributed by atoms with Gasteiger partial charge in [-0.3, -0.25) is 4.79 Å². The minimum absolute atomic E-state index is 0.125. The zero-order valence-electron chi connectivity index (χ0n) is 12.7. The van der Waals surface area contributed by atoms with E-state index in [4.69, 9.17) is 4.74 Å². The van der Waals surface area contributed by atoms with Crippen LogP contribution in [0.4, 0.5) is 8.87 Å². The van der Waals surface area contributed by atoms with Crippen LogP contribution in [-0.4, -0.2) is 23.1 Å². The second kappa shape index (κ2) is 5.26. The number of para-hydroxylation sites is 1. The maximum atomic E-state index is 14.4. The van der Waals surface area contributed by atoms with Gasteiger partial charge in [-0.15, -0.1) is 0 Å². The van der Waals surface area contributed by atoms with Gasteiger partial charge in [0.2, 0.25) is 0 Å². The number of pyridine rings is 1. The molecule has 1 aromatic heterocycles. The van der Waals surface area contributed by atoms with Gasteiger partial charge >= 0.3 is 0 Å². The number of methoxy groups -OCH3 is 1. The number of amides is 1. The Hall–Kier alpha value is -3.02. The average Bonchev–Trinajstić information content (AvgIpc) is 2.86. The first kappa shape index (κ1) is 14.6. The van der Waals surface area contributed by atoms with Gasteiger partial charge in [-0.1, -0.05) is 28.7 Å². The van der Waals surface area contributed by atoms with Gasteiger partial charge in [0.1, 0.15) is 11.6 Å². The van der Waals surface area contributed by atoms with Gasteiger partial charge in [0.05, 0.1) is 36.0 Å². The number of hydrogen-bond donors (Lipinski definition) is 0. The van der Waals surface area contributed by atoms with Crippen LogP contribution in [0.3, 0.4) is 0 Å². The van der Waals surface area contributed by atoms with E-state index in [9.17, 15) is 13.7 Å². The van der Waals surface area contributed by atoms with Crippen molar-refractivity contribution in [2.24, 2.45) is 0 Å². The van der Waals surface area contributed by atoms with Crippen LogP contribution in [0.15, 0.2) is 42.5 Å². The Labute approximate surface area is 136 Å². The molecular formula is C18H12F2N2O2. The maximum Gasteiger partial charge on any atom is 0.283 e. The first-order valence-corrected chi connectivity index (χ1v) is 7.33. The summed E-state index contributed by atoms with van der Waals surface area (Å²) in [6.07, 6.45) is 0. The molecule has 0 radical (unpaired) electrons. The van der Waals surface area contributed by atoms with E-state index in [0.29, 0.717) is 33.5 Å². The first-order chi connectivity index (χ1) is 11.6. The summed E-state index contributed by atoms with van der Waals surface area (Å²) in [5.74, 6) is -0.756. The third-order valence-electron chi connectivity index (χ3n) is 4.13. The average molecular weight is 326 g/mol. The Morgan fingerprint density at radius 2 is 1.96 bits per heavy atom. The summed E-state index contributed by atoms with van der Waals surface area (Å²) in [7, 11) is 1.47. The quantitative estimate of drug-likeness (QED) is 0.671. The van der Waals surface area contributed by atoms with Crippen LogP contribution in [0, 0.1) is 5.82 Å². The van der Waals surface area contributed by atoms with Crippen molar-refractivity contribution in [3.8, 4) is 16.9 Å². The summed E-state index contributed by atoms with van der Waals surface area (Å²) in [5.41, 5.74) is 1.91. The Morgan fingerprint density at radius 1 is 1.17 bits per heavy atom. The molecule has 4 nitrogen and oxygen atoms in total. The monoisotopic (exact) mass is 326 g/mol. The number of nitrogens with zero attached hydrogens (tertiary/aromatic N) is 2. The van der Waals surface area contributed by atoms with Crippen molar-refractivity contribution in [3.63, 3.8) is 0 Å². The number of carbonyl (C=O) groups is 1. The van der Waals surface area contributed by atoms with Gasteiger partial charge in [-0.25, -0.2) is 9.37 Å². The van der Waals surface area contributed by atoms with E-state index >= 15 is 0 Å². The van der Waals surface area contributed by atoms with Gasteiger partial charge in [0.25, 0.3) is 5.91 Å². The second-order valence-corrected chi connectivity index (χ2v) is 5.50. The second-order valence-electron chi connectivity index (χ2n) is 5.50. The Balaban J connectivity index is 2.02. The minimum atomic E-state index is -0.701. The molecule has 0 aliphatic carbocycles. The van der Waals surface area contributed by atoms with Gasteiger partial charge in [0.15, 0.2) is 0 Å². The number of fused-ring (bicyclic) bond motifs is 2. The summed E-state index contributed by atoms with van der Waals surface area (Å²) in [6.45, 7) is -0.202. The number of rotatable bonds is 2. The summed E-state index contributed by atoms with van der Waals surface area (Å²) in [5, 5.41) is 0.764. The van der Waals surface area contributed by atoms with E-state index in [1.807, 2.05) is 0 Å². The number of carbonyl (C=O) groups excluding carboxylic acids is 1. The molecule has 6 heteroatoms. The lowest BCUT2D eigenvalue weighted by atomic mass is 9.99. The van der Waals surface area contributed by atoms with E-state index in [1.165, 1.54) is 13.2 Å². The molecule has 120 valence electrons. The minimum Gasteiger partial charge on any atom is -0.496 e. The molecule has 0 saturated heterocycles. The predicted molar refractivity (Wildman–Crippen MR) is 84.7 cm³/mol. The molecule has 0 N–H and O–H groups in total. The van der Waals surface area contributed by atoms with E-state index < -0.39 is 11.7 Å². The lowest BCUT2D eigenvalue weighted by Crippen LogP contribution is -2.12. The van der Waals surface area contributed by atoms with Crippen LogP contribution < -0.4 is 4.74 Å². The molecule has 1 aliphatic heterocycles. The maximum absolute atomic E-state index is 14.4. The highest BCUT2D eigenvalue weighted by Crippen LogP contribution is 2.37. The van der Waals surface area contributed by atoms with Crippen molar-refractivity contribution in [2.45, 2.75) is 6.54 Å². The number of ether oxygens (including phenoxy) is 1. The van der Waals surface area contributed by atoms with Crippen LogP contribution in [-0.2, 0) is 6.54 Å². The predicted octanol–water partition coefficient (Wildman–Crippen LogP) is 3.89. The Morgan fingerprint density at radius 3 is 2.75 bits per heavy atom. The highest BCUT2D eigenvalue weighted by atomic mass is 19.2. The topological polar surface area (TPSA) is 42.4 Å². The highest BCUT2D eigenvalue weighted by molar-refractivity contribution is 6.03. The van der Waals surface area contributed by atoms with E-state index in [0.717, 1.165) is 0 Å². The molecule has 24 heavy (non-hydrogen) atoms. The van der Waals surface area contributed by atoms with E-state index in [-0.39, 0.29) is 17.2 Å². The van der Waals surface area contributed by atoms with Crippen LogP contribution in [0.1, 0.15) is 16.1 Å². The molecule has 0 fully saturated rings. The Kier molecular flexibility index (Phi) is 3.19. The molecule has 0 unspecified atom stereocenters. The van der Waals surface area contributed by atoms with Crippen LogP contribution in [0.25, 0.3) is 22.0 Å². The lowest BCUT2D eigenvalue weighted by Gasteiger charge is -2.12. The fraction of sp³-hybridized carbons (Fsp3) is 0.111. The molecule has 4 rings (SSSR count). The normalized spacial score (nSPS) is 13.5. The lowest BCUT2D eigenvalue weighted by molar-refractivity contribution is 0.0217. The number of halogens is 2. The van der Waals surface area contributed by atoms with E-state index in [1.54, 1.807) is 36.4 Å². The zero-order chi connectivity index (χ0) is 16.8. The molecule has 0 bridgehead atoms. The van der Waals surface area contributed by atoms with Crippen molar-refractivity contribution >= 4 is 16.8 Å². The molecule has 0 saturated carbocycles. The van der Waals surface area contributed by atoms with Gasteiger partial charge < -0.3 is 4.74 Å². The van der Waals surface area contributed by atoms with Crippen LogP contribution in [0.2, 0.25) is 0 Å². The molecular weight excluding hydrogens is 314 g/mol. The third kappa shape index (κ3) is 2.03. The molecule has 1 aliphatic rings. The molecule has 2 aromatic carbocycles. The van der Waals surface area contributed by atoms with E-state index in [2.05, 4.69) is 4.98 Å². The summed E-state index contributed by atoms with van der Waals surface area (Å²) < 4.78 is 33.2. The molecule has 3 aromatic rings. The SMILES string of the molecule is COc1cccc(F)c1-c1cccc2cc3c(nc12)CN(F)C3=O. The van der Waals surface area contributed by atoms with Crippen molar-refractivity contribution < 1.29 is 18.4 Å². The van der Waals surface area contributed by atoms with Crippen LogP contribution in [0.5, 0.6) is 5.75 Å². The largest absolute Gasteiger partial charge is 0.496 e. The third-order valence-corrected chi connectivity index (χ3v) is 4.13. The smallest absolute Gasteiger partial charge is 0.283 e. The van der Waals surface area contributed by atoms with Crippen molar-refractivity contribution in [1.82, 2.24) is 10.1 Å². The fourth-order valence-corrected chi connectivity index (χ4v) is 3.01. The highest BCUT2D eigenvalue weighted by Gasteiger charge is 2.30. The molecule has 1 amide bonds.